The van der Waals surface area contributed by atoms with Crippen molar-refractivity contribution in [3.8, 4) is 33.4 Å². The van der Waals surface area contributed by atoms with Crippen molar-refractivity contribution in [1.82, 2.24) is 0 Å². The second-order valence-corrected chi connectivity index (χ2v) is 12.9. The van der Waals surface area contributed by atoms with Gasteiger partial charge in [-0.15, -0.1) is 0 Å². The Labute approximate surface area is 288 Å². The lowest BCUT2D eigenvalue weighted by Gasteiger charge is -2.29. The molecule has 8 aromatic rings. The highest BCUT2D eigenvalue weighted by atomic mass is 15.1. The van der Waals surface area contributed by atoms with Gasteiger partial charge in [-0.2, -0.15) is 0 Å². The third kappa shape index (κ3) is 5.60. The van der Waals surface area contributed by atoms with Crippen LogP contribution in [0.15, 0.2) is 182 Å². The maximum Gasteiger partial charge on any atom is 0.0546 e. The molecule has 0 N–H and O–H groups in total. The number of para-hydroxylation sites is 1. The Hall–Kier alpha value is -6.18. The molecular weight excluding hydrogens is 591 g/mol. The quantitative estimate of drug-likeness (QED) is 0.178. The molecule has 0 aliphatic heterocycles. The van der Waals surface area contributed by atoms with E-state index in [0.29, 0.717) is 0 Å². The van der Waals surface area contributed by atoms with Gasteiger partial charge in [-0.1, -0.05) is 140 Å². The van der Waals surface area contributed by atoms with E-state index in [1.165, 1.54) is 66.1 Å². The first-order valence-corrected chi connectivity index (χ1v) is 17.1. The average Bonchev–Trinajstić information content (AvgIpc) is 3.18. The molecule has 0 saturated carbocycles. The zero-order chi connectivity index (χ0) is 32.6. The van der Waals surface area contributed by atoms with Gasteiger partial charge < -0.3 is 4.90 Å². The Morgan fingerprint density at radius 1 is 0.388 bits per heavy atom. The van der Waals surface area contributed by atoms with Crippen LogP contribution in [0.1, 0.15) is 17.5 Å². The summed E-state index contributed by atoms with van der Waals surface area (Å²) in [4.78, 5) is 2.42. The van der Waals surface area contributed by atoms with Crippen LogP contribution in [0.4, 0.5) is 17.1 Å². The molecule has 0 saturated heterocycles. The van der Waals surface area contributed by atoms with E-state index in [4.69, 9.17) is 0 Å². The lowest BCUT2D eigenvalue weighted by molar-refractivity contribution is 0.986. The van der Waals surface area contributed by atoms with Gasteiger partial charge in [0, 0.05) is 16.9 Å². The molecule has 49 heavy (non-hydrogen) atoms. The first-order chi connectivity index (χ1) is 24.3. The first kappa shape index (κ1) is 29.0. The van der Waals surface area contributed by atoms with Crippen molar-refractivity contribution in [3.05, 3.63) is 193 Å². The van der Waals surface area contributed by atoms with Gasteiger partial charge in [0.25, 0.3) is 0 Å². The molecule has 0 heterocycles. The minimum absolute atomic E-state index is 1.10. The largest absolute Gasteiger partial charge is 0.310 e. The van der Waals surface area contributed by atoms with Gasteiger partial charge >= 0.3 is 0 Å². The molecule has 0 radical (unpaired) electrons. The van der Waals surface area contributed by atoms with E-state index in [0.717, 1.165) is 29.9 Å². The zero-order valence-corrected chi connectivity index (χ0v) is 27.3. The normalized spacial score (nSPS) is 12.2. The minimum atomic E-state index is 1.10. The highest BCUT2D eigenvalue weighted by Gasteiger charge is 2.20. The molecule has 1 aliphatic rings. The van der Waals surface area contributed by atoms with Crippen molar-refractivity contribution < 1.29 is 0 Å². The van der Waals surface area contributed by atoms with Gasteiger partial charge in [0.15, 0.2) is 0 Å². The Morgan fingerprint density at radius 3 is 1.65 bits per heavy atom. The van der Waals surface area contributed by atoms with Crippen molar-refractivity contribution in [2.45, 2.75) is 12.8 Å². The summed E-state index contributed by atoms with van der Waals surface area (Å²) >= 11 is 0. The third-order valence-electron chi connectivity index (χ3n) is 9.88. The van der Waals surface area contributed by atoms with Crippen LogP contribution in [0.25, 0.3) is 61.0 Å². The molecule has 0 bridgehead atoms. The summed E-state index contributed by atoms with van der Waals surface area (Å²) in [5.74, 6) is 0. The van der Waals surface area contributed by atoms with E-state index in [9.17, 15) is 0 Å². The number of nitrogens with zero attached hydrogens (tertiary/aromatic N) is 1. The minimum Gasteiger partial charge on any atom is -0.310 e. The van der Waals surface area contributed by atoms with Gasteiger partial charge in [0.05, 0.1) is 5.69 Å². The summed E-state index contributed by atoms with van der Waals surface area (Å²) < 4.78 is 0. The molecule has 0 amide bonds. The van der Waals surface area contributed by atoms with Crippen molar-refractivity contribution in [3.63, 3.8) is 0 Å². The summed E-state index contributed by atoms with van der Waals surface area (Å²) in [6.07, 6.45) is 6.78. The van der Waals surface area contributed by atoms with Crippen LogP contribution in [0.5, 0.6) is 0 Å². The first-order valence-electron chi connectivity index (χ1n) is 17.1. The molecule has 1 nitrogen and oxygen atoms in total. The van der Waals surface area contributed by atoms with Crippen molar-refractivity contribution in [1.29, 1.82) is 0 Å². The number of fused-ring (bicyclic) bond motifs is 3. The number of aryl methyl sites for hydroxylation is 1. The van der Waals surface area contributed by atoms with E-state index < -0.39 is 0 Å². The van der Waals surface area contributed by atoms with Crippen LogP contribution >= 0.6 is 0 Å². The smallest absolute Gasteiger partial charge is 0.0546 e. The Balaban J connectivity index is 1.22. The van der Waals surface area contributed by atoms with Crippen molar-refractivity contribution >= 4 is 44.7 Å². The summed E-state index contributed by atoms with van der Waals surface area (Å²) in [7, 11) is 0. The molecular formula is C48H35N. The number of rotatable bonds is 6. The zero-order valence-electron chi connectivity index (χ0n) is 27.3. The highest BCUT2D eigenvalue weighted by Crippen LogP contribution is 2.44. The second kappa shape index (κ2) is 12.4. The highest BCUT2D eigenvalue weighted by molar-refractivity contribution is 5.94. The van der Waals surface area contributed by atoms with Gasteiger partial charge in [-0.3, -0.25) is 0 Å². The van der Waals surface area contributed by atoms with Gasteiger partial charge in [-0.25, -0.2) is 0 Å². The summed E-state index contributed by atoms with van der Waals surface area (Å²) in [6, 6.07) is 64.4. The van der Waals surface area contributed by atoms with Gasteiger partial charge in [0.1, 0.15) is 0 Å². The van der Waals surface area contributed by atoms with Crippen molar-refractivity contribution in [2.24, 2.45) is 0 Å². The predicted octanol–water partition coefficient (Wildman–Crippen LogP) is 13.4. The molecule has 0 spiro atoms. The molecule has 1 aliphatic carbocycles. The van der Waals surface area contributed by atoms with E-state index >= 15 is 0 Å². The number of allylic oxidation sites excluding steroid dienone is 1. The second-order valence-electron chi connectivity index (χ2n) is 12.9. The number of hydrogen-bond donors (Lipinski definition) is 0. The Morgan fingerprint density at radius 2 is 0.939 bits per heavy atom. The number of anilines is 3. The third-order valence-corrected chi connectivity index (χ3v) is 9.88. The van der Waals surface area contributed by atoms with E-state index in [-0.39, 0.29) is 0 Å². The molecule has 0 unspecified atom stereocenters. The Bertz CT molecular complexity index is 2490. The molecule has 0 atom stereocenters. The molecule has 0 fully saturated rings. The van der Waals surface area contributed by atoms with Crippen LogP contribution < -0.4 is 4.90 Å². The summed E-state index contributed by atoms with van der Waals surface area (Å²) in [6.45, 7) is 0. The average molecular weight is 626 g/mol. The maximum absolute atomic E-state index is 2.42. The van der Waals surface area contributed by atoms with Crippen molar-refractivity contribution in [2.75, 3.05) is 4.90 Å². The van der Waals surface area contributed by atoms with Gasteiger partial charge in [-0.05, 0) is 122 Å². The fraction of sp³-hybridized carbons (Fsp3) is 0.0417. The fourth-order valence-corrected chi connectivity index (χ4v) is 7.28. The van der Waals surface area contributed by atoms with E-state index in [1.54, 1.807) is 0 Å². The lowest BCUT2D eigenvalue weighted by atomic mass is 9.91. The molecule has 232 valence electrons. The summed E-state index contributed by atoms with van der Waals surface area (Å²) in [5, 5.41) is 5.01. The molecule has 1 heteroatoms. The van der Waals surface area contributed by atoms with Crippen LogP contribution in [-0.2, 0) is 6.42 Å². The van der Waals surface area contributed by atoms with Gasteiger partial charge in [0.2, 0.25) is 0 Å². The summed E-state index contributed by atoms with van der Waals surface area (Å²) in [5.41, 5.74) is 13.4. The number of benzene rings is 8. The number of hydrogen-bond acceptors (Lipinski definition) is 1. The standard InChI is InChI=1S/C48H35N/c1-2-16-45(17-3-1)49(46-27-24-37(25-28-46)41-21-18-34-10-4-7-13-38(34)30-41)48-33-43(42-22-19-35-11-5-8-14-39(35)31-42)26-29-47(48)44-23-20-36-12-6-9-15-40(36)32-44/h1-5,7-11,13-33H,6,12H2. The van der Waals surface area contributed by atoms with E-state index in [2.05, 4.69) is 193 Å². The maximum atomic E-state index is 2.42. The van der Waals surface area contributed by atoms with Crippen LogP contribution in [0.2, 0.25) is 0 Å². The van der Waals surface area contributed by atoms with Crippen LogP contribution in [-0.4, -0.2) is 0 Å². The lowest BCUT2D eigenvalue weighted by Crippen LogP contribution is -2.11. The van der Waals surface area contributed by atoms with Crippen LogP contribution in [0, 0.1) is 0 Å². The molecule has 8 aromatic carbocycles. The molecule has 0 aromatic heterocycles. The topological polar surface area (TPSA) is 3.24 Å². The molecule has 9 rings (SSSR count). The van der Waals surface area contributed by atoms with E-state index in [1.807, 2.05) is 0 Å². The predicted molar refractivity (Wildman–Crippen MR) is 210 cm³/mol. The Kier molecular flexibility index (Phi) is 7.37. The fourth-order valence-electron chi connectivity index (χ4n) is 7.28. The SMILES string of the molecule is C1=Cc2cc(-c3ccc(-c4ccc5ccccc5c4)cc3N(c3ccccc3)c3ccc(-c4ccc5ccccc5c4)cc3)ccc2CC1. The monoisotopic (exact) mass is 625 g/mol. The van der Waals surface area contributed by atoms with Crippen LogP contribution in [0.3, 0.4) is 0 Å².